The molecular weight excluding hydrogens is 322 g/mol. The van der Waals surface area contributed by atoms with Gasteiger partial charge in [0.2, 0.25) is 0 Å². The maximum absolute atomic E-state index is 12.9. The van der Waals surface area contributed by atoms with Crippen LogP contribution in [0.5, 0.6) is 0 Å². The van der Waals surface area contributed by atoms with E-state index < -0.39 is 0 Å². The van der Waals surface area contributed by atoms with Crippen LogP contribution in [0.25, 0.3) is 11.0 Å². The topological polar surface area (TPSA) is 34.9 Å². The summed E-state index contributed by atoms with van der Waals surface area (Å²) in [5, 5.41) is 0. The quantitative estimate of drug-likeness (QED) is 0.648. The normalized spacial score (nSPS) is 10.9. The molecule has 0 saturated heterocycles. The zero-order valence-corrected chi connectivity index (χ0v) is 12.4. The van der Waals surface area contributed by atoms with Crippen molar-refractivity contribution in [1.82, 2.24) is 9.55 Å². The minimum absolute atomic E-state index is 0.0772. The molecule has 0 aliphatic heterocycles. The fourth-order valence-electron chi connectivity index (χ4n) is 1.91. The number of nitrogens with zero attached hydrogens (tertiary/aromatic N) is 2. The Morgan fingerprint density at radius 1 is 1.10 bits per heavy atom. The van der Waals surface area contributed by atoms with Crippen LogP contribution in [-0.2, 0) is 7.05 Å². The van der Waals surface area contributed by atoms with Crippen molar-refractivity contribution in [3.8, 4) is 0 Å². The molecule has 0 atom stereocenters. The molecule has 2 aromatic carbocycles. The number of rotatable bonds is 2. The monoisotopic (exact) mass is 334 g/mol. The second kappa shape index (κ2) is 5.19. The molecule has 3 aromatic rings. The molecule has 0 N–H and O–H groups in total. The Kier molecular flexibility index (Phi) is 3.38. The SMILES string of the molecule is Cn1c(=O)cnc2ccc([Se]c3ccc(F)cc3)cc21. The summed E-state index contributed by atoms with van der Waals surface area (Å²) in [5.74, 6) is -0.227. The zero-order chi connectivity index (χ0) is 14.1. The maximum atomic E-state index is 12.9. The molecular formula is C15H11FN2OSe. The van der Waals surface area contributed by atoms with Crippen LogP contribution in [0.15, 0.2) is 53.5 Å². The summed E-state index contributed by atoms with van der Waals surface area (Å²) in [5.41, 5.74) is 1.49. The fourth-order valence-corrected chi connectivity index (χ4v) is 3.70. The third-order valence-corrected chi connectivity index (χ3v) is 5.10. The standard InChI is InChI=1S/C15H11FN2OSe/c1-18-14-8-12(6-7-13(14)17-9-15(18)19)20-11-4-2-10(16)3-5-11/h2-9H,1H3. The molecule has 0 saturated carbocycles. The number of benzene rings is 2. The molecule has 20 heavy (non-hydrogen) atoms. The van der Waals surface area contributed by atoms with Gasteiger partial charge in [0.25, 0.3) is 0 Å². The van der Waals surface area contributed by atoms with E-state index in [0.29, 0.717) is 0 Å². The molecule has 3 rings (SSSR count). The molecule has 0 aliphatic carbocycles. The van der Waals surface area contributed by atoms with Crippen molar-refractivity contribution < 1.29 is 4.39 Å². The Balaban J connectivity index is 2.02. The first kappa shape index (κ1) is 13.0. The fraction of sp³-hybridized carbons (Fsp3) is 0.0667. The summed E-state index contributed by atoms with van der Waals surface area (Å²) in [6.07, 6.45) is 1.33. The third-order valence-electron chi connectivity index (χ3n) is 3.00. The molecule has 0 radical (unpaired) electrons. The predicted molar refractivity (Wildman–Crippen MR) is 78.4 cm³/mol. The Labute approximate surface area is 121 Å². The van der Waals surface area contributed by atoms with Gasteiger partial charge in [-0.3, -0.25) is 0 Å². The first-order valence-corrected chi connectivity index (χ1v) is 7.74. The Bertz CT molecular complexity index is 827. The van der Waals surface area contributed by atoms with Gasteiger partial charge in [-0.15, -0.1) is 0 Å². The van der Waals surface area contributed by atoms with Gasteiger partial charge in [0.1, 0.15) is 0 Å². The van der Waals surface area contributed by atoms with Crippen LogP contribution in [0, 0.1) is 5.82 Å². The molecule has 0 aliphatic rings. The van der Waals surface area contributed by atoms with E-state index in [0.717, 1.165) is 20.0 Å². The van der Waals surface area contributed by atoms with Gasteiger partial charge in [-0.25, -0.2) is 0 Å². The van der Waals surface area contributed by atoms with E-state index in [9.17, 15) is 9.18 Å². The zero-order valence-electron chi connectivity index (χ0n) is 10.7. The van der Waals surface area contributed by atoms with Crippen molar-refractivity contribution in [2.45, 2.75) is 0 Å². The molecule has 0 bridgehead atoms. The average molecular weight is 333 g/mol. The molecule has 5 heteroatoms. The van der Waals surface area contributed by atoms with Crippen molar-refractivity contribution in [3.63, 3.8) is 0 Å². The summed E-state index contributed by atoms with van der Waals surface area (Å²) in [7, 11) is 1.74. The van der Waals surface area contributed by atoms with E-state index in [2.05, 4.69) is 4.98 Å². The van der Waals surface area contributed by atoms with Gasteiger partial charge < -0.3 is 0 Å². The number of aromatic nitrogens is 2. The number of hydrogen-bond donors (Lipinski definition) is 0. The summed E-state index contributed by atoms with van der Waals surface area (Å²) in [6, 6.07) is 12.4. The van der Waals surface area contributed by atoms with Crippen molar-refractivity contribution in [2.75, 3.05) is 0 Å². The van der Waals surface area contributed by atoms with Crippen LogP contribution >= 0.6 is 0 Å². The van der Waals surface area contributed by atoms with Gasteiger partial charge >= 0.3 is 121 Å². The van der Waals surface area contributed by atoms with E-state index in [1.165, 1.54) is 18.3 Å². The van der Waals surface area contributed by atoms with E-state index in [1.54, 1.807) is 23.7 Å². The molecule has 1 aromatic heterocycles. The van der Waals surface area contributed by atoms with Crippen LogP contribution in [-0.4, -0.2) is 24.5 Å². The van der Waals surface area contributed by atoms with Crippen LogP contribution in [0.3, 0.4) is 0 Å². The van der Waals surface area contributed by atoms with Gasteiger partial charge in [-0.1, -0.05) is 0 Å². The molecule has 0 spiro atoms. The average Bonchev–Trinajstić information content (AvgIpc) is 2.46. The molecule has 0 unspecified atom stereocenters. The van der Waals surface area contributed by atoms with Crippen LogP contribution < -0.4 is 14.5 Å². The van der Waals surface area contributed by atoms with Gasteiger partial charge in [0, 0.05) is 0 Å². The second-order valence-corrected chi connectivity index (χ2v) is 6.77. The third kappa shape index (κ3) is 2.50. The number of halogens is 1. The summed E-state index contributed by atoms with van der Waals surface area (Å²) in [4.78, 5) is 15.7. The van der Waals surface area contributed by atoms with E-state index in [4.69, 9.17) is 0 Å². The number of aryl methyl sites for hydroxylation is 1. The molecule has 0 fully saturated rings. The number of fused-ring (bicyclic) bond motifs is 1. The van der Waals surface area contributed by atoms with Crippen molar-refractivity contribution in [2.24, 2.45) is 7.05 Å². The molecule has 1 heterocycles. The van der Waals surface area contributed by atoms with Gasteiger partial charge in [-0.05, 0) is 0 Å². The summed E-state index contributed by atoms with van der Waals surface area (Å²) < 4.78 is 16.7. The number of hydrogen-bond acceptors (Lipinski definition) is 2. The van der Waals surface area contributed by atoms with E-state index in [1.807, 2.05) is 18.2 Å². The summed E-state index contributed by atoms with van der Waals surface area (Å²) in [6.45, 7) is 0. The Morgan fingerprint density at radius 2 is 1.80 bits per heavy atom. The molecule has 0 amide bonds. The van der Waals surface area contributed by atoms with E-state index in [-0.39, 0.29) is 26.3 Å². The molecule has 3 nitrogen and oxygen atoms in total. The Hall–Kier alpha value is -1.97. The van der Waals surface area contributed by atoms with Crippen LogP contribution in [0.4, 0.5) is 4.39 Å². The van der Waals surface area contributed by atoms with Crippen molar-refractivity contribution in [1.29, 1.82) is 0 Å². The van der Waals surface area contributed by atoms with Crippen LogP contribution in [0.2, 0.25) is 0 Å². The summed E-state index contributed by atoms with van der Waals surface area (Å²) >= 11 is 0.0772. The van der Waals surface area contributed by atoms with Gasteiger partial charge in [-0.2, -0.15) is 0 Å². The van der Waals surface area contributed by atoms with Gasteiger partial charge in [0.15, 0.2) is 0 Å². The first-order chi connectivity index (χ1) is 9.63. The Morgan fingerprint density at radius 3 is 2.55 bits per heavy atom. The minimum atomic E-state index is -0.227. The second-order valence-electron chi connectivity index (χ2n) is 4.36. The van der Waals surface area contributed by atoms with E-state index >= 15 is 0 Å². The molecule has 100 valence electrons. The van der Waals surface area contributed by atoms with Crippen LogP contribution in [0.1, 0.15) is 0 Å². The van der Waals surface area contributed by atoms with Gasteiger partial charge in [0.05, 0.1) is 0 Å². The predicted octanol–water partition coefficient (Wildman–Crippen LogP) is 0.728. The van der Waals surface area contributed by atoms with Crippen molar-refractivity contribution in [3.05, 3.63) is 64.8 Å². The first-order valence-electron chi connectivity index (χ1n) is 6.03. The van der Waals surface area contributed by atoms with Crippen molar-refractivity contribution >= 4 is 34.9 Å².